The molecular weight excluding hydrogens is 328 g/mol. The van der Waals surface area contributed by atoms with Gasteiger partial charge in [0.05, 0.1) is 28.7 Å². The molecule has 3 aromatic rings. The molecule has 2 heterocycles. The van der Waals surface area contributed by atoms with E-state index in [9.17, 15) is 4.79 Å². The molecule has 1 aliphatic heterocycles. The summed E-state index contributed by atoms with van der Waals surface area (Å²) in [6.07, 6.45) is 3.25. The Morgan fingerprint density at radius 3 is 2.81 bits per heavy atom. The molecule has 0 atom stereocenters. The van der Waals surface area contributed by atoms with Crippen LogP contribution in [-0.4, -0.2) is 10.8 Å². The number of hydrogen-bond donors (Lipinski definition) is 1. The third kappa shape index (κ3) is 2.70. The summed E-state index contributed by atoms with van der Waals surface area (Å²) in [7, 11) is 0. The first-order chi connectivity index (χ1) is 12.8. The Morgan fingerprint density at radius 2 is 2.00 bits per heavy atom. The topological polar surface area (TPSA) is 95.2 Å². The molecule has 0 saturated carbocycles. The molecule has 7 heteroatoms. The van der Waals surface area contributed by atoms with Crippen molar-refractivity contribution in [3.8, 4) is 0 Å². The highest BCUT2D eigenvalue weighted by Gasteiger charge is 2.19. The van der Waals surface area contributed by atoms with Crippen LogP contribution in [0.5, 0.6) is 0 Å². The van der Waals surface area contributed by atoms with Crippen LogP contribution >= 0.6 is 0 Å². The summed E-state index contributed by atoms with van der Waals surface area (Å²) in [5, 5.41) is 8.76. The number of benzene rings is 2. The second kappa shape index (κ2) is 6.74. The number of nitrogens with one attached hydrogen (secondary N) is 1. The highest BCUT2D eigenvalue weighted by Crippen LogP contribution is 2.32. The van der Waals surface area contributed by atoms with Crippen molar-refractivity contribution in [2.45, 2.75) is 19.4 Å². The molecule has 0 aliphatic carbocycles. The van der Waals surface area contributed by atoms with Crippen molar-refractivity contribution < 1.29 is 0 Å². The van der Waals surface area contributed by atoms with Gasteiger partial charge in [-0.25, -0.2) is 0 Å². The molecule has 1 N–H and O–H groups in total. The third-order valence-electron chi connectivity index (χ3n) is 4.51. The molecule has 2 aromatic carbocycles. The molecule has 0 radical (unpaired) electrons. The van der Waals surface area contributed by atoms with Crippen molar-refractivity contribution in [3.05, 3.63) is 80.5 Å². The number of pyridine rings is 1. The van der Waals surface area contributed by atoms with E-state index in [1.807, 2.05) is 48.5 Å². The molecule has 0 fully saturated rings. The fourth-order valence-corrected chi connectivity index (χ4v) is 3.39. The normalized spacial score (nSPS) is 12.9. The Bertz CT molecular complexity index is 1110. The van der Waals surface area contributed by atoms with Crippen LogP contribution in [0.1, 0.15) is 17.5 Å². The maximum Gasteiger partial charge on any atom is 0.260 e. The van der Waals surface area contributed by atoms with Crippen LogP contribution in [0.15, 0.2) is 63.5 Å². The van der Waals surface area contributed by atoms with Crippen LogP contribution in [0.2, 0.25) is 0 Å². The molecule has 0 amide bonds. The van der Waals surface area contributed by atoms with Crippen LogP contribution in [0.3, 0.4) is 0 Å². The summed E-state index contributed by atoms with van der Waals surface area (Å²) in [5.74, 6) is 0. The van der Waals surface area contributed by atoms with E-state index in [1.54, 1.807) is 4.57 Å². The van der Waals surface area contributed by atoms with Crippen molar-refractivity contribution in [1.29, 1.82) is 0 Å². The molecule has 0 unspecified atom stereocenters. The quantitative estimate of drug-likeness (QED) is 0.251. The predicted molar refractivity (Wildman–Crippen MR) is 103 cm³/mol. The largest absolute Gasteiger partial charge is 0.307 e. The summed E-state index contributed by atoms with van der Waals surface area (Å²) in [4.78, 5) is 15.9. The minimum Gasteiger partial charge on any atom is -0.307 e. The molecule has 1 aliphatic rings. The average Bonchev–Trinajstić information content (AvgIpc) is 2.69. The van der Waals surface area contributed by atoms with Gasteiger partial charge in [0.1, 0.15) is 0 Å². The molecular formula is C19H16N6O. The molecule has 26 heavy (non-hydrogen) atoms. The second-order valence-electron chi connectivity index (χ2n) is 6.06. The Hall–Kier alpha value is -3.57. The molecule has 128 valence electrons. The Kier molecular flexibility index (Phi) is 4.13. The fourth-order valence-electron chi connectivity index (χ4n) is 3.39. The number of azide groups is 1. The van der Waals surface area contributed by atoms with E-state index in [0.717, 1.165) is 35.0 Å². The summed E-state index contributed by atoms with van der Waals surface area (Å²) in [5.41, 5.74) is 15.1. The van der Waals surface area contributed by atoms with Crippen LogP contribution in [0, 0.1) is 0 Å². The minimum absolute atomic E-state index is 0.189. The number of nitrogens with zero attached hydrogens (tertiary/aromatic N) is 5. The first kappa shape index (κ1) is 15.9. The van der Waals surface area contributed by atoms with E-state index in [2.05, 4.69) is 20.6 Å². The van der Waals surface area contributed by atoms with Crippen LogP contribution in [0.25, 0.3) is 21.3 Å². The number of anilines is 1. The van der Waals surface area contributed by atoms with Crippen molar-refractivity contribution >= 4 is 28.5 Å². The zero-order valence-corrected chi connectivity index (χ0v) is 14.0. The smallest absolute Gasteiger partial charge is 0.260 e. The maximum atomic E-state index is 13.0. The fraction of sp³-hybridized carbons (Fsp3) is 0.158. The summed E-state index contributed by atoms with van der Waals surface area (Å²) in [6.45, 7) is 0.649. The van der Waals surface area contributed by atoms with Crippen molar-refractivity contribution in [3.63, 3.8) is 0 Å². The van der Waals surface area contributed by atoms with E-state index in [0.29, 0.717) is 12.2 Å². The van der Waals surface area contributed by atoms with Gasteiger partial charge in [-0.15, -0.1) is 0 Å². The number of rotatable bonds is 4. The van der Waals surface area contributed by atoms with Gasteiger partial charge in [-0.05, 0) is 36.1 Å². The van der Waals surface area contributed by atoms with Gasteiger partial charge < -0.3 is 4.57 Å². The van der Waals surface area contributed by atoms with E-state index >= 15 is 0 Å². The average molecular weight is 344 g/mol. The van der Waals surface area contributed by atoms with E-state index in [4.69, 9.17) is 5.53 Å². The zero-order valence-electron chi connectivity index (χ0n) is 14.0. The lowest BCUT2D eigenvalue weighted by Gasteiger charge is -2.21. The van der Waals surface area contributed by atoms with Crippen LogP contribution in [0.4, 0.5) is 11.4 Å². The van der Waals surface area contributed by atoms with Gasteiger partial charge in [-0.2, -0.15) is 5.10 Å². The molecule has 1 aromatic heterocycles. The van der Waals surface area contributed by atoms with Crippen molar-refractivity contribution in [1.82, 2.24) is 4.57 Å². The highest BCUT2D eigenvalue weighted by atomic mass is 16.1. The monoisotopic (exact) mass is 344 g/mol. The summed E-state index contributed by atoms with van der Waals surface area (Å²) >= 11 is 0. The lowest BCUT2D eigenvalue weighted by Crippen LogP contribution is -2.27. The Morgan fingerprint density at radius 1 is 1.15 bits per heavy atom. The Labute approximate surface area is 149 Å². The van der Waals surface area contributed by atoms with E-state index < -0.39 is 0 Å². The number of hydrazone groups is 1. The highest BCUT2D eigenvalue weighted by molar-refractivity contribution is 6.01. The van der Waals surface area contributed by atoms with Crippen LogP contribution < -0.4 is 11.0 Å². The molecule has 0 bridgehead atoms. The van der Waals surface area contributed by atoms with Gasteiger partial charge in [-0.1, -0.05) is 41.5 Å². The zero-order chi connectivity index (χ0) is 17.9. The van der Waals surface area contributed by atoms with Gasteiger partial charge in [0, 0.05) is 16.8 Å². The third-order valence-corrected chi connectivity index (χ3v) is 4.51. The molecule has 4 rings (SSSR count). The lowest BCUT2D eigenvalue weighted by atomic mass is 9.99. The Balaban J connectivity index is 1.89. The molecule has 0 saturated heterocycles. The SMILES string of the molecule is [N-]=[N+]=Nc1c(/C=N/Nc2ccccc2)c(=O)n2c3c(cccc13)CCC2. The van der Waals surface area contributed by atoms with E-state index in [1.165, 1.54) is 6.21 Å². The van der Waals surface area contributed by atoms with E-state index in [-0.39, 0.29) is 11.1 Å². The lowest BCUT2D eigenvalue weighted by molar-refractivity contribution is 0.615. The standard InChI is InChI=1S/C19H16N6O/c20-24-23-17-15-10-4-6-13-7-5-11-25(18(13)15)19(26)16(17)12-21-22-14-8-2-1-3-9-14/h1-4,6,8-10,12,22H,5,7,11H2/b21-12+. The number of aryl methyl sites for hydroxylation is 2. The summed E-state index contributed by atoms with van der Waals surface area (Å²) < 4.78 is 1.76. The molecule has 0 spiro atoms. The van der Waals surface area contributed by atoms with Crippen molar-refractivity contribution in [2.24, 2.45) is 10.2 Å². The number of hydrogen-bond acceptors (Lipinski definition) is 4. The van der Waals surface area contributed by atoms with Crippen LogP contribution in [-0.2, 0) is 13.0 Å². The second-order valence-corrected chi connectivity index (χ2v) is 6.06. The summed E-state index contributed by atoms with van der Waals surface area (Å²) in [6, 6.07) is 15.3. The first-order valence-electron chi connectivity index (χ1n) is 8.37. The van der Waals surface area contributed by atoms with Gasteiger partial charge in [-0.3, -0.25) is 10.2 Å². The minimum atomic E-state index is -0.189. The predicted octanol–water partition coefficient (Wildman–Crippen LogP) is 4.34. The van der Waals surface area contributed by atoms with Crippen molar-refractivity contribution in [2.75, 3.05) is 5.43 Å². The van der Waals surface area contributed by atoms with Gasteiger partial charge in [0.15, 0.2) is 0 Å². The van der Waals surface area contributed by atoms with Gasteiger partial charge >= 0.3 is 0 Å². The maximum absolute atomic E-state index is 13.0. The first-order valence-corrected chi connectivity index (χ1v) is 8.37. The number of para-hydroxylation sites is 2. The molecule has 7 nitrogen and oxygen atoms in total. The number of aromatic nitrogens is 1. The van der Waals surface area contributed by atoms with Gasteiger partial charge in [0.25, 0.3) is 5.56 Å². The van der Waals surface area contributed by atoms with Gasteiger partial charge in [0.2, 0.25) is 0 Å².